The van der Waals surface area contributed by atoms with E-state index < -0.39 is 17.8 Å². The van der Waals surface area contributed by atoms with Crippen molar-refractivity contribution in [2.45, 2.75) is 25.1 Å². The Morgan fingerprint density at radius 3 is 2.61 bits per heavy atom. The van der Waals surface area contributed by atoms with Gasteiger partial charge in [-0.15, -0.1) is 0 Å². The minimum atomic E-state index is -4.38. The Morgan fingerprint density at radius 2 is 2.06 bits per heavy atom. The lowest BCUT2D eigenvalue weighted by Gasteiger charge is -2.33. The molecule has 0 amide bonds. The average Bonchev–Trinajstić information content (AvgIpc) is 2.27. The monoisotopic (exact) mass is 260 g/mol. The second kappa shape index (κ2) is 4.68. The zero-order valence-electron chi connectivity index (χ0n) is 9.74. The molecule has 0 aliphatic carbocycles. The van der Waals surface area contributed by atoms with Crippen LogP contribution in [-0.4, -0.2) is 24.3 Å². The van der Waals surface area contributed by atoms with Crippen LogP contribution < -0.4 is 10.6 Å². The summed E-state index contributed by atoms with van der Waals surface area (Å²) in [6.07, 6.45) is -3.30. The highest BCUT2D eigenvalue weighted by Gasteiger charge is 2.31. The predicted octanol–water partition coefficient (Wildman–Crippen LogP) is 2.25. The van der Waals surface area contributed by atoms with Crippen LogP contribution in [-0.2, 0) is 6.18 Å². The van der Waals surface area contributed by atoms with Gasteiger partial charge in [-0.2, -0.15) is 13.2 Å². The van der Waals surface area contributed by atoms with Crippen LogP contribution in [0.3, 0.4) is 0 Å². The number of nitrogen functional groups attached to an aromatic ring is 1. The highest BCUT2D eigenvalue weighted by atomic mass is 19.4. The molecule has 0 saturated carbocycles. The quantitative estimate of drug-likeness (QED) is 0.761. The van der Waals surface area contributed by atoms with Crippen molar-refractivity contribution in [3.05, 3.63) is 23.8 Å². The number of anilines is 2. The number of nitrogens with two attached hydrogens (primary N) is 1. The van der Waals surface area contributed by atoms with E-state index in [9.17, 15) is 18.3 Å². The van der Waals surface area contributed by atoms with Crippen LogP contribution >= 0.6 is 0 Å². The SMILES string of the molecule is Nc1cc(C(F)(F)F)ccc1N1CCCC(O)C1. The normalized spacial score (nSPS) is 21.1. The maximum Gasteiger partial charge on any atom is 0.416 e. The lowest BCUT2D eigenvalue weighted by atomic mass is 10.1. The summed E-state index contributed by atoms with van der Waals surface area (Å²) in [7, 11) is 0. The van der Waals surface area contributed by atoms with Gasteiger partial charge in [0.15, 0.2) is 0 Å². The van der Waals surface area contributed by atoms with E-state index in [1.54, 1.807) is 0 Å². The Morgan fingerprint density at radius 1 is 1.33 bits per heavy atom. The number of hydrogen-bond donors (Lipinski definition) is 2. The summed E-state index contributed by atoms with van der Waals surface area (Å²) in [5, 5.41) is 9.55. The number of β-amino-alcohol motifs (C(OH)–C–C–N with tert-alkyl or cyclic N) is 1. The van der Waals surface area contributed by atoms with E-state index in [-0.39, 0.29) is 5.69 Å². The van der Waals surface area contributed by atoms with Gasteiger partial charge in [0.2, 0.25) is 0 Å². The van der Waals surface area contributed by atoms with Crippen LogP contribution in [0.15, 0.2) is 18.2 Å². The topological polar surface area (TPSA) is 49.5 Å². The van der Waals surface area contributed by atoms with Crippen LogP contribution in [0.2, 0.25) is 0 Å². The molecule has 1 atom stereocenters. The Hall–Kier alpha value is -1.43. The first-order chi connectivity index (χ1) is 8.38. The fraction of sp³-hybridized carbons (Fsp3) is 0.500. The number of rotatable bonds is 1. The van der Waals surface area contributed by atoms with Gasteiger partial charge in [0.25, 0.3) is 0 Å². The highest BCUT2D eigenvalue weighted by molar-refractivity contribution is 5.69. The number of alkyl halides is 3. The largest absolute Gasteiger partial charge is 0.416 e. The second-order valence-electron chi connectivity index (χ2n) is 4.51. The van der Waals surface area contributed by atoms with Crippen molar-refractivity contribution in [3.8, 4) is 0 Å². The van der Waals surface area contributed by atoms with Gasteiger partial charge in [-0.25, -0.2) is 0 Å². The number of benzene rings is 1. The van der Waals surface area contributed by atoms with Crippen LogP contribution in [0, 0.1) is 0 Å². The molecule has 1 aliphatic rings. The van der Waals surface area contributed by atoms with Gasteiger partial charge in [0, 0.05) is 13.1 Å². The highest BCUT2D eigenvalue weighted by Crippen LogP contribution is 2.34. The number of aliphatic hydroxyl groups is 1. The summed E-state index contributed by atoms with van der Waals surface area (Å²) in [6, 6.07) is 3.33. The first kappa shape index (κ1) is 13.0. The third-order valence-electron chi connectivity index (χ3n) is 3.09. The number of hydrogen-bond acceptors (Lipinski definition) is 3. The summed E-state index contributed by atoms with van der Waals surface area (Å²) in [5.41, 5.74) is 5.58. The van der Waals surface area contributed by atoms with Gasteiger partial charge in [-0.05, 0) is 31.0 Å². The van der Waals surface area contributed by atoms with Crippen LogP contribution in [0.5, 0.6) is 0 Å². The van der Waals surface area contributed by atoms with Crippen LogP contribution in [0.25, 0.3) is 0 Å². The molecule has 3 nitrogen and oxygen atoms in total. The third-order valence-corrected chi connectivity index (χ3v) is 3.09. The summed E-state index contributed by atoms with van der Waals surface area (Å²) < 4.78 is 37.5. The predicted molar refractivity (Wildman–Crippen MR) is 63.3 cm³/mol. The zero-order valence-corrected chi connectivity index (χ0v) is 9.74. The fourth-order valence-corrected chi connectivity index (χ4v) is 2.19. The summed E-state index contributed by atoms with van der Waals surface area (Å²) in [4.78, 5) is 1.82. The summed E-state index contributed by atoms with van der Waals surface area (Å²) in [6.45, 7) is 1.11. The molecule has 100 valence electrons. The molecule has 0 bridgehead atoms. The maximum absolute atomic E-state index is 12.5. The molecule has 1 heterocycles. The number of halogens is 3. The zero-order chi connectivity index (χ0) is 13.3. The van der Waals surface area contributed by atoms with Gasteiger partial charge in [-0.1, -0.05) is 0 Å². The lowest BCUT2D eigenvalue weighted by molar-refractivity contribution is -0.137. The first-order valence-corrected chi connectivity index (χ1v) is 5.77. The van der Waals surface area contributed by atoms with E-state index in [0.717, 1.165) is 25.0 Å². The Balaban J connectivity index is 2.24. The van der Waals surface area contributed by atoms with E-state index in [1.165, 1.54) is 6.07 Å². The van der Waals surface area contributed by atoms with Crippen molar-refractivity contribution in [1.82, 2.24) is 0 Å². The number of aliphatic hydroxyl groups excluding tert-OH is 1. The first-order valence-electron chi connectivity index (χ1n) is 5.77. The molecule has 1 unspecified atom stereocenters. The summed E-state index contributed by atoms with van der Waals surface area (Å²) >= 11 is 0. The van der Waals surface area contributed by atoms with Gasteiger partial charge >= 0.3 is 6.18 Å². The third kappa shape index (κ3) is 2.69. The van der Waals surface area contributed by atoms with E-state index in [1.807, 2.05) is 4.90 Å². The van der Waals surface area contributed by atoms with E-state index in [0.29, 0.717) is 18.8 Å². The van der Waals surface area contributed by atoms with Crippen molar-refractivity contribution in [3.63, 3.8) is 0 Å². The van der Waals surface area contributed by atoms with Gasteiger partial charge in [-0.3, -0.25) is 0 Å². The fourth-order valence-electron chi connectivity index (χ4n) is 2.19. The van der Waals surface area contributed by atoms with Gasteiger partial charge in [0.1, 0.15) is 0 Å². The van der Waals surface area contributed by atoms with Crippen molar-refractivity contribution in [2.75, 3.05) is 23.7 Å². The molecule has 0 spiro atoms. The molecule has 1 aromatic rings. The van der Waals surface area contributed by atoms with E-state index in [4.69, 9.17) is 5.73 Å². The van der Waals surface area contributed by atoms with Crippen molar-refractivity contribution < 1.29 is 18.3 Å². The smallest absolute Gasteiger partial charge is 0.397 e. The van der Waals surface area contributed by atoms with Crippen molar-refractivity contribution >= 4 is 11.4 Å². The Bertz CT molecular complexity index is 434. The van der Waals surface area contributed by atoms with Gasteiger partial charge in [0.05, 0.1) is 23.0 Å². The molecule has 1 aliphatic heterocycles. The molecule has 6 heteroatoms. The van der Waals surface area contributed by atoms with Crippen molar-refractivity contribution in [2.24, 2.45) is 0 Å². The van der Waals surface area contributed by atoms with Crippen LogP contribution in [0.1, 0.15) is 18.4 Å². The Kier molecular flexibility index (Phi) is 3.38. The van der Waals surface area contributed by atoms with E-state index >= 15 is 0 Å². The molecule has 1 saturated heterocycles. The molecule has 0 radical (unpaired) electrons. The summed E-state index contributed by atoms with van der Waals surface area (Å²) in [5.74, 6) is 0. The van der Waals surface area contributed by atoms with Gasteiger partial charge < -0.3 is 15.7 Å². The lowest BCUT2D eigenvalue weighted by Crippen LogP contribution is -2.38. The van der Waals surface area contributed by atoms with Crippen LogP contribution in [0.4, 0.5) is 24.5 Å². The molecule has 3 N–H and O–H groups in total. The Labute approximate surface area is 103 Å². The molecule has 18 heavy (non-hydrogen) atoms. The second-order valence-corrected chi connectivity index (χ2v) is 4.51. The average molecular weight is 260 g/mol. The molecule has 1 aromatic carbocycles. The standard InChI is InChI=1S/C12H15F3N2O/c13-12(14,15)8-3-4-11(10(16)6-8)17-5-1-2-9(18)7-17/h3-4,6,9,18H,1-2,5,7,16H2. The molecular formula is C12H15F3N2O. The maximum atomic E-state index is 12.5. The van der Waals surface area contributed by atoms with E-state index in [2.05, 4.69) is 0 Å². The molecule has 0 aromatic heterocycles. The number of nitrogens with zero attached hydrogens (tertiary/aromatic N) is 1. The molecule has 2 rings (SSSR count). The minimum Gasteiger partial charge on any atom is -0.397 e. The molecule has 1 fully saturated rings. The minimum absolute atomic E-state index is 0.0962. The molecular weight excluding hydrogens is 245 g/mol. The number of piperidine rings is 1. The van der Waals surface area contributed by atoms with Crippen molar-refractivity contribution in [1.29, 1.82) is 0 Å².